The molecule has 4 N–H and O–H groups in total. The molecule has 1 aromatic carbocycles. The van der Waals surface area contributed by atoms with Crippen LogP contribution in [0.3, 0.4) is 0 Å². The molecule has 88 valence electrons. The molecule has 0 heterocycles. The first-order valence-corrected chi connectivity index (χ1v) is 6.43. The highest BCUT2D eigenvalue weighted by atomic mass is 32.2. The van der Waals surface area contributed by atoms with Gasteiger partial charge in [0.2, 0.25) is 0 Å². The Morgan fingerprint density at radius 3 is 2.81 bits per heavy atom. The van der Waals surface area contributed by atoms with Gasteiger partial charge < -0.3 is 10.7 Å². The molecule has 0 aliphatic rings. The zero-order chi connectivity index (χ0) is 12.0. The van der Waals surface area contributed by atoms with Crippen molar-refractivity contribution in [3.8, 4) is 0 Å². The SMILES string of the molecule is CSCCNC(=O)c1ccc(NN)c(C)c1. The summed E-state index contributed by atoms with van der Waals surface area (Å²) in [5.74, 6) is 6.20. The van der Waals surface area contributed by atoms with Crippen LogP contribution in [0.25, 0.3) is 0 Å². The van der Waals surface area contributed by atoms with E-state index in [-0.39, 0.29) is 5.91 Å². The normalized spacial score (nSPS) is 9.94. The highest BCUT2D eigenvalue weighted by molar-refractivity contribution is 7.98. The molecule has 0 atom stereocenters. The number of hydrazine groups is 1. The van der Waals surface area contributed by atoms with Crippen molar-refractivity contribution in [1.29, 1.82) is 0 Å². The number of carbonyl (C=O) groups excluding carboxylic acids is 1. The first kappa shape index (κ1) is 12.9. The largest absolute Gasteiger partial charge is 0.351 e. The van der Waals surface area contributed by atoms with E-state index < -0.39 is 0 Å². The van der Waals surface area contributed by atoms with Crippen molar-refractivity contribution in [2.24, 2.45) is 5.84 Å². The summed E-state index contributed by atoms with van der Waals surface area (Å²) in [4.78, 5) is 11.7. The quantitative estimate of drug-likeness (QED) is 0.412. The summed E-state index contributed by atoms with van der Waals surface area (Å²) < 4.78 is 0. The molecule has 0 aliphatic carbocycles. The molecule has 1 rings (SSSR count). The van der Waals surface area contributed by atoms with Gasteiger partial charge in [-0.15, -0.1) is 0 Å². The molecule has 0 aromatic heterocycles. The number of thioether (sulfide) groups is 1. The fourth-order valence-electron chi connectivity index (χ4n) is 1.34. The molecule has 0 radical (unpaired) electrons. The van der Waals surface area contributed by atoms with Gasteiger partial charge in [0, 0.05) is 17.9 Å². The lowest BCUT2D eigenvalue weighted by molar-refractivity contribution is 0.0956. The third-order valence-corrected chi connectivity index (χ3v) is 2.85. The first-order chi connectivity index (χ1) is 7.69. The molecule has 5 heteroatoms. The van der Waals surface area contributed by atoms with Crippen LogP contribution in [-0.4, -0.2) is 24.5 Å². The summed E-state index contributed by atoms with van der Waals surface area (Å²) in [5.41, 5.74) is 5.04. The number of carbonyl (C=O) groups is 1. The maximum absolute atomic E-state index is 11.7. The molecule has 0 saturated heterocycles. The average molecular weight is 239 g/mol. The molecule has 4 nitrogen and oxygen atoms in total. The summed E-state index contributed by atoms with van der Waals surface area (Å²) in [6.45, 7) is 2.60. The van der Waals surface area contributed by atoms with E-state index in [0.29, 0.717) is 12.1 Å². The van der Waals surface area contributed by atoms with Crippen molar-refractivity contribution in [3.63, 3.8) is 0 Å². The van der Waals surface area contributed by atoms with Gasteiger partial charge in [-0.3, -0.25) is 10.6 Å². The van der Waals surface area contributed by atoms with Crippen LogP contribution in [-0.2, 0) is 0 Å². The fourth-order valence-corrected chi connectivity index (χ4v) is 1.64. The smallest absolute Gasteiger partial charge is 0.251 e. The minimum atomic E-state index is -0.0410. The van der Waals surface area contributed by atoms with Crippen LogP contribution in [0.15, 0.2) is 18.2 Å². The molecule has 0 saturated carbocycles. The Balaban J connectivity index is 2.66. The van der Waals surface area contributed by atoms with Gasteiger partial charge in [0.05, 0.1) is 5.69 Å². The van der Waals surface area contributed by atoms with E-state index in [0.717, 1.165) is 17.0 Å². The average Bonchev–Trinajstić information content (AvgIpc) is 2.29. The Morgan fingerprint density at radius 1 is 1.50 bits per heavy atom. The topological polar surface area (TPSA) is 67.2 Å². The Labute approximate surface area is 100.0 Å². The molecular formula is C11H17N3OS. The number of nitrogens with one attached hydrogen (secondary N) is 2. The fraction of sp³-hybridized carbons (Fsp3) is 0.364. The number of benzene rings is 1. The number of nitrogen functional groups attached to an aromatic ring is 1. The van der Waals surface area contributed by atoms with Crippen LogP contribution in [0.2, 0.25) is 0 Å². The molecule has 0 spiro atoms. The zero-order valence-electron chi connectivity index (χ0n) is 9.54. The lowest BCUT2D eigenvalue weighted by Crippen LogP contribution is -2.25. The maximum Gasteiger partial charge on any atom is 0.251 e. The van der Waals surface area contributed by atoms with Crippen LogP contribution < -0.4 is 16.6 Å². The van der Waals surface area contributed by atoms with Crippen molar-refractivity contribution in [1.82, 2.24) is 5.32 Å². The summed E-state index contributed by atoms with van der Waals surface area (Å²) in [5, 5.41) is 2.85. The minimum absolute atomic E-state index is 0.0410. The van der Waals surface area contributed by atoms with E-state index in [1.54, 1.807) is 23.9 Å². The van der Waals surface area contributed by atoms with E-state index in [4.69, 9.17) is 5.84 Å². The standard InChI is InChI=1S/C11H17N3OS/c1-8-7-9(3-4-10(8)14-12)11(15)13-5-6-16-2/h3-4,7,14H,5-6,12H2,1-2H3,(H,13,15). The van der Waals surface area contributed by atoms with Gasteiger partial charge in [0.25, 0.3) is 5.91 Å². The van der Waals surface area contributed by atoms with E-state index in [9.17, 15) is 4.79 Å². The molecule has 16 heavy (non-hydrogen) atoms. The highest BCUT2D eigenvalue weighted by Gasteiger charge is 2.06. The third kappa shape index (κ3) is 3.43. The van der Waals surface area contributed by atoms with Crippen LogP contribution >= 0.6 is 11.8 Å². The number of hydrogen-bond donors (Lipinski definition) is 3. The van der Waals surface area contributed by atoms with Gasteiger partial charge in [0.1, 0.15) is 0 Å². The second-order valence-electron chi connectivity index (χ2n) is 3.42. The zero-order valence-corrected chi connectivity index (χ0v) is 10.4. The van der Waals surface area contributed by atoms with E-state index in [1.807, 2.05) is 19.2 Å². The number of aryl methyl sites for hydroxylation is 1. The van der Waals surface area contributed by atoms with E-state index in [2.05, 4.69) is 10.7 Å². The van der Waals surface area contributed by atoms with Gasteiger partial charge in [-0.25, -0.2) is 0 Å². The second kappa shape index (κ2) is 6.40. The van der Waals surface area contributed by atoms with E-state index in [1.165, 1.54) is 0 Å². The van der Waals surface area contributed by atoms with Crippen LogP contribution in [0, 0.1) is 6.92 Å². The molecule has 0 fully saturated rings. The predicted octanol–water partition coefficient (Wildman–Crippen LogP) is 1.37. The number of amides is 1. The Bertz CT molecular complexity index is 368. The third-order valence-electron chi connectivity index (χ3n) is 2.24. The van der Waals surface area contributed by atoms with Crippen molar-refractivity contribution in [2.45, 2.75) is 6.92 Å². The molecule has 0 aliphatic heterocycles. The molecule has 1 aromatic rings. The summed E-state index contributed by atoms with van der Waals surface area (Å²) >= 11 is 1.71. The molecule has 0 bridgehead atoms. The summed E-state index contributed by atoms with van der Waals surface area (Å²) in [7, 11) is 0. The molecule has 1 amide bonds. The minimum Gasteiger partial charge on any atom is -0.351 e. The monoisotopic (exact) mass is 239 g/mol. The lowest BCUT2D eigenvalue weighted by Gasteiger charge is -2.08. The second-order valence-corrected chi connectivity index (χ2v) is 4.41. The maximum atomic E-state index is 11.7. The number of nitrogens with two attached hydrogens (primary N) is 1. The Hall–Kier alpha value is -1.20. The predicted molar refractivity (Wildman–Crippen MR) is 69.7 cm³/mol. The van der Waals surface area contributed by atoms with Gasteiger partial charge in [-0.1, -0.05) is 0 Å². The highest BCUT2D eigenvalue weighted by Crippen LogP contribution is 2.14. The number of anilines is 1. The molecule has 0 unspecified atom stereocenters. The van der Waals surface area contributed by atoms with Crippen LogP contribution in [0.5, 0.6) is 0 Å². The van der Waals surface area contributed by atoms with Crippen molar-refractivity contribution in [3.05, 3.63) is 29.3 Å². The summed E-state index contributed by atoms with van der Waals surface area (Å²) in [6.07, 6.45) is 2.01. The Morgan fingerprint density at radius 2 is 2.25 bits per heavy atom. The lowest BCUT2D eigenvalue weighted by atomic mass is 10.1. The first-order valence-electron chi connectivity index (χ1n) is 5.03. The van der Waals surface area contributed by atoms with Crippen molar-refractivity contribution < 1.29 is 4.79 Å². The number of hydrogen-bond acceptors (Lipinski definition) is 4. The van der Waals surface area contributed by atoms with Crippen LogP contribution in [0.4, 0.5) is 5.69 Å². The van der Waals surface area contributed by atoms with Gasteiger partial charge >= 0.3 is 0 Å². The number of rotatable bonds is 5. The van der Waals surface area contributed by atoms with Crippen molar-refractivity contribution >= 4 is 23.4 Å². The van der Waals surface area contributed by atoms with E-state index >= 15 is 0 Å². The molecular weight excluding hydrogens is 222 g/mol. The van der Waals surface area contributed by atoms with Gasteiger partial charge in [0.15, 0.2) is 0 Å². The Kier molecular flexibility index (Phi) is 5.14. The summed E-state index contributed by atoms with van der Waals surface area (Å²) in [6, 6.07) is 5.39. The van der Waals surface area contributed by atoms with Crippen LogP contribution in [0.1, 0.15) is 15.9 Å². The van der Waals surface area contributed by atoms with Gasteiger partial charge in [-0.05, 0) is 36.9 Å². The van der Waals surface area contributed by atoms with Gasteiger partial charge in [-0.2, -0.15) is 11.8 Å². The van der Waals surface area contributed by atoms with Crippen molar-refractivity contribution in [2.75, 3.05) is 24.0 Å².